The van der Waals surface area contributed by atoms with Crippen LogP contribution in [0.4, 0.5) is 17.1 Å². The molecule has 1 aliphatic heterocycles. The highest BCUT2D eigenvalue weighted by atomic mass is 16.5. The van der Waals surface area contributed by atoms with E-state index in [1.54, 1.807) is 0 Å². The highest BCUT2D eigenvalue weighted by Gasteiger charge is 2.46. The summed E-state index contributed by atoms with van der Waals surface area (Å²) in [7, 11) is 0. The van der Waals surface area contributed by atoms with E-state index in [-0.39, 0.29) is 5.92 Å². The van der Waals surface area contributed by atoms with Gasteiger partial charge in [-0.3, -0.25) is 0 Å². The second kappa shape index (κ2) is 21.1. The minimum atomic E-state index is -0.505. The van der Waals surface area contributed by atoms with E-state index in [0.717, 1.165) is 61.4 Å². The van der Waals surface area contributed by atoms with E-state index >= 15 is 0 Å². The molecule has 0 radical (unpaired) electrons. The van der Waals surface area contributed by atoms with Crippen molar-refractivity contribution in [1.29, 1.82) is 0 Å². The highest BCUT2D eigenvalue weighted by Crippen LogP contribution is 2.58. The second-order valence-electron chi connectivity index (χ2n) is 23.0. The van der Waals surface area contributed by atoms with Crippen LogP contribution in [0.1, 0.15) is 40.7 Å². The fourth-order valence-electron chi connectivity index (χ4n) is 14.3. The molecule has 2 heteroatoms. The number of ether oxygens (including phenoxy) is 1. The van der Waals surface area contributed by atoms with E-state index in [9.17, 15) is 0 Å². The molecular weight excluding hydrogens is 1040 g/mol. The van der Waals surface area contributed by atoms with Gasteiger partial charge in [-0.25, -0.2) is 0 Å². The molecule has 0 saturated heterocycles. The Balaban J connectivity index is 0.904. The summed E-state index contributed by atoms with van der Waals surface area (Å²) in [5.41, 5.74) is 25.5. The molecule has 2 aliphatic rings. The molecule has 0 saturated carbocycles. The van der Waals surface area contributed by atoms with Crippen molar-refractivity contribution < 1.29 is 4.74 Å². The third-order valence-electron chi connectivity index (χ3n) is 18.2. The molecule has 14 aromatic rings. The fraction of sp³-hybridized carbons (Fsp3) is 0.0476. The Bertz CT molecular complexity index is 4840. The molecule has 0 amide bonds. The van der Waals surface area contributed by atoms with Gasteiger partial charge in [0, 0.05) is 33.8 Å². The number of rotatable bonds is 8. The lowest BCUT2D eigenvalue weighted by atomic mass is 9.68. The molecule has 0 unspecified atom stereocenters. The topological polar surface area (TPSA) is 12.5 Å². The predicted octanol–water partition coefficient (Wildman–Crippen LogP) is 22.3. The zero-order valence-corrected chi connectivity index (χ0v) is 47.7. The maximum atomic E-state index is 7.49. The first-order valence-corrected chi connectivity index (χ1v) is 30.0. The molecule has 1 heterocycles. The van der Waals surface area contributed by atoms with Crippen molar-refractivity contribution in [3.8, 4) is 83.6 Å². The van der Waals surface area contributed by atoms with E-state index in [1.807, 2.05) is 0 Å². The number of hydrogen-bond donors (Lipinski definition) is 0. The first-order chi connectivity index (χ1) is 42.6. The van der Waals surface area contributed by atoms with Gasteiger partial charge in [0.25, 0.3) is 0 Å². The van der Waals surface area contributed by atoms with Gasteiger partial charge in [-0.15, -0.1) is 0 Å². The van der Waals surface area contributed by atoms with Crippen LogP contribution in [0.3, 0.4) is 0 Å². The normalized spacial score (nSPS) is 13.7. The van der Waals surface area contributed by atoms with Crippen molar-refractivity contribution in [1.82, 2.24) is 0 Å². The van der Waals surface area contributed by atoms with Crippen molar-refractivity contribution in [2.75, 3.05) is 11.5 Å². The summed E-state index contributed by atoms with van der Waals surface area (Å²) in [6.07, 6.45) is 0. The quantitative estimate of drug-likeness (QED) is 0.150. The molecule has 0 spiro atoms. The molecule has 0 fully saturated rings. The molecule has 14 aromatic carbocycles. The lowest BCUT2D eigenvalue weighted by Crippen LogP contribution is -2.28. The van der Waals surface area contributed by atoms with Crippen LogP contribution in [-0.4, -0.2) is 6.61 Å². The molecule has 1 atom stereocenters. The van der Waals surface area contributed by atoms with Crippen LogP contribution in [0, 0.1) is 0 Å². The van der Waals surface area contributed by atoms with Crippen LogP contribution in [0.2, 0.25) is 0 Å². The van der Waals surface area contributed by atoms with E-state index in [1.165, 1.54) is 88.7 Å². The largest absolute Gasteiger partial charge is 0.492 e. The lowest BCUT2D eigenvalue weighted by Gasteiger charge is -2.34. The summed E-state index contributed by atoms with van der Waals surface area (Å²) in [6.45, 7) is 2.82. The SMILES string of the molecule is C[C@H]1COc2c(ccc3cc(-c4ccccc4)ccc23)-c2cc(-c3ccccc3N(c3ccccc3)c3ccc4c(c3)-c3ccccc3C4(c3ccccc3)c3ccccc3)ccc2-c2ccccc2-c2ccc3cc(-c4ccccc4)ccc3c21. The first-order valence-electron chi connectivity index (χ1n) is 30.0. The van der Waals surface area contributed by atoms with Gasteiger partial charge in [-0.1, -0.05) is 274 Å². The summed E-state index contributed by atoms with van der Waals surface area (Å²) >= 11 is 0. The lowest BCUT2D eigenvalue weighted by molar-refractivity contribution is 0.301. The highest BCUT2D eigenvalue weighted by molar-refractivity contribution is 6.05. The van der Waals surface area contributed by atoms with E-state index in [2.05, 4.69) is 333 Å². The zero-order chi connectivity index (χ0) is 57.1. The molecule has 0 bridgehead atoms. The summed E-state index contributed by atoms with van der Waals surface area (Å²) in [4.78, 5) is 2.45. The average molecular weight is 1100 g/mol. The van der Waals surface area contributed by atoms with Gasteiger partial charge in [0.15, 0.2) is 0 Å². The van der Waals surface area contributed by atoms with Gasteiger partial charge < -0.3 is 9.64 Å². The Kier molecular flexibility index (Phi) is 12.5. The summed E-state index contributed by atoms with van der Waals surface area (Å²) in [6, 6.07) is 119. The number of para-hydroxylation sites is 2. The third kappa shape index (κ3) is 8.39. The smallest absolute Gasteiger partial charge is 0.134 e. The Morgan fingerprint density at radius 1 is 0.314 bits per heavy atom. The minimum Gasteiger partial charge on any atom is -0.492 e. The van der Waals surface area contributed by atoms with Gasteiger partial charge in [0.05, 0.1) is 17.7 Å². The molecule has 16 rings (SSSR count). The number of anilines is 3. The van der Waals surface area contributed by atoms with Crippen molar-refractivity contribution >= 4 is 38.6 Å². The Labute approximate surface area is 503 Å². The Hall–Kier alpha value is -10.8. The fourth-order valence-corrected chi connectivity index (χ4v) is 14.3. The van der Waals surface area contributed by atoms with Crippen LogP contribution >= 0.6 is 0 Å². The van der Waals surface area contributed by atoms with E-state index in [0.29, 0.717) is 6.61 Å². The van der Waals surface area contributed by atoms with Gasteiger partial charge in [-0.2, -0.15) is 0 Å². The van der Waals surface area contributed by atoms with Gasteiger partial charge in [-0.05, 0) is 165 Å². The average Bonchev–Trinajstić information content (AvgIpc) is 1.80. The Morgan fingerprint density at radius 3 is 1.47 bits per heavy atom. The van der Waals surface area contributed by atoms with Gasteiger partial charge in [0.1, 0.15) is 5.75 Å². The number of benzene rings is 14. The number of hydrogen-bond acceptors (Lipinski definition) is 2. The zero-order valence-electron chi connectivity index (χ0n) is 47.7. The number of fused-ring (bicyclic) bond motifs is 14. The summed E-state index contributed by atoms with van der Waals surface area (Å²) < 4.78 is 7.49. The van der Waals surface area contributed by atoms with Gasteiger partial charge >= 0.3 is 0 Å². The van der Waals surface area contributed by atoms with Crippen LogP contribution in [0.5, 0.6) is 5.75 Å². The molecule has 0 N–H and O–H groups in total. The van der Waals surface area contributed by atoms with Crippen LogP contribution < -0.4 is 9.64 Å². The van der Waals surface area contributed by atoms with Crippen LogP contribution in [0.25, 0.3) is 99.4 Å². The molecule has 1 aliphatic carbocycles. The molecule has 0 aromatic heterocycles. The van der Waals surface area contributed by atoms with Crippen molar-refractivity contribution in [2.24, 2.45) is 0 Å². The summed E-state index contributed by atoms with van der Waals surface area (Å²) in [5, 5.41) is 4.68. The Morgan fingerprint density at radius 2 is 0.802 bits per heavy atom. The summed E-state index contributed by atoms with van der Waals surface area (Å²) in [5.74, 6) is 0.920. The monoisotopic (exact) mass is 1100 g/mol. The maximum Gasteiger partial charge on any atom is 0.134 e. The van der Waals surface area contributed by atoms with Crippen LogP contribution in [-0.2, 0) is 5.41 Å². The maximum absolute atomic E-state index is 7.49. The van der Waals surface area contributed by atoms with Crippen LogP contribution in [0.15, 0.2) is 322 Å². The molecule has 86 heavy (non-hydrogen) atoms. The molecule has 2 nitrogen and oxygen atoms in total. The van der Waals surface area contributed by atoms with E-state index in [4.69, 9.17) is 4.74 Å². The van der Waals surface area contributed by atoms with Crippen molar-refractivity contribution in [3.05, 3.63) is 349 Å². The van der Waals surface area contributed by atoms with Gasteiger partial charge in [0.2, 0.25) is 0 Å². The minimum absolute atomic E-state index is 0.0319. The second-order valence-corrected chi connectivity index (χ2v) is 23.0. The van der Waals surface area contributed by atoms with Crippen molar-refractivity contribution in [2.45, 2.75) is 18.3 Å². The number of nitrogens with zero attached hydrogens (tertiary/aromatic N) is 1. The third-order valence-corrected chi connectivity index (χ3v) is 18.2. The van der Waals surface area contributed by atoms with Crippen molar-refractivity contribution in [3.63, 3.8) is 0 Å². The standard InChI is InChI=1S/C84H59NO/c1-56-55-86-83-70-46-40-60(58-25-9-3-10-26-58)52-62(70)43-49-76(83)77-53-63(41-47-73(77)71-34-17-18-35-72(71)75-48-42-61-51-59(39-45-69(61)82(56)75)57-23-7-2-8-24-57)68-33-20-22-38-81(68)85(66-31-15-6-16-32-66)67-44-50-80-78(54-67)74-36-19-21-37-79(74)84(80,64-27-11-4-12-28-64)65-29-13-5-14-30-65/h2-54,56H,55H2,1H3/t56-/m0/s1. The van der Waals surface area contributed by atoms with E-state index < -0.39 is 5.41 Å². The first kappa shape index (κ1) is 50.9. The molecule has 406 valence electrons. The molecular formula is C84H59NO. The predicted molar refractivity (Wildman–Crippen MR) is 360 cm³/mol.